The minimum absolute atomic E-state index is 0.136. The Morgan fingerprint density at radius 2 is 1.96 bits per heavy atom. The molecule has 6 heteroatoms. The molecule has 1 fully saturated rings. The first kappa shape index (κ1) is 16.1. The molecular formula is C17H12ClNO2S2. The zero-order valence-electron chi connectivity index (χ0n) is 12.2. The van der Waals surface area contributed by atoms with E-state index in [0.29, 0.717) is 25.7 Å². The van der Waals surface area contributed by atoms with E-state index < -0.39 is 0 Å². The summed E-state index contributed by atoms with van der Waals surface area (Å²) in [5.74, 6) is 0.543. The fraction of sp³-hybridized carbons (Fsp3) is 0.0588. The molecule has 1 aliphatic heterocycles. The number of methoxy groups -OCH3 is 1. The quantitative estimate of drug-likeness (QED) is 0.582. The van der Waals surface area contributed by atoms with E-state index in [1.165, 1.54) is 16.7 Å². The lowest BCUT2D eigenvalue weighted by molar-refractivity contribution is -0.113. The summed E-state index contributed by atoms with van der Waals surface area (Å²) in [6, 6.07) is 14.6. The van der Waals surface area contributed by atoms with E-state index >= 15 is 0 Å². The molecule has 0 N–H and O–H groups in total. The van der Waals surface area contributed by atoms with Crippen LogP contribution in [-0.4, -0.2) is 17.3 Å². The number of rotatable bonds is 3. The van der Waals surface area contributed by atoms with E-state index in [-0.39, 0.29) is 5.91 Å². The molecule has 0 saturated carbocycles. The molecule has 0 aliphatic carbocycles. The molecule has 116 valence electrons. The van der Waals surface area contributed by atoms with Crippen molar-refractivity contribution in [2.24, 2.45) is 0 Å². The van der Waals surface area contributed by atoms with Gasteiger partial charge in [-0.25, -0.2) is 0 Å². The van der Waals surface area contributed by atoms with Gasteiger partial charge in [0.1, 0.15) is 5.75 Å². The second kappa shape index (κ2) is 6.74. The van der Waals surface area contributed by atoms with Crippen molar-refractivity contribution in [1.82, 2.24) is 0 Å². The highest BCUT2D eigenvalue weighted by Gasteiger charge is 2.33. The summed E-state index contributed by atoms with van der Waals surface area (Å²) in [7, 11) is 1.59. The molecule has 1 aliphatic rings. The van der Waals surface area contributed by atoms with E-state index in [2.05, 4.69) is 0 Å². The van der Waals surface area contributed by atoms with Crippen molar-refractivity contribution in [1.29, 1.82) is 0 Å². The minimum atomic E-state index is -0.136. The van der Waals surface area contributed by atoms with Gasteiger partial charge in [-0.05, 0) is 35.9 Å². The number of hydrogen-bond donors (Lipinski definition) is 0. The van der Waals surface area contributed by atoms with Crippen molar-refractivity contribution < 1.29 is 9.53 Å². The van der Waals surface area contributed by atoms with Crippen molar-refractivity contribution in [2.45, 2.75) is 0 Å². The number of amides is 1. The zero-order chi connectivity index (χ0) is 16.4. The van der Waals surface area contributed by atoms with E-state index in [1.807, 2.05) is 36.4 Å². The SMILES string of the molecule is COc1cccc(N2C(=O)/C(=C\c3ccc(Cl)cc3)SC2=S)c1. The first-order valence-corrected chi connectivity index (χ1v) is 8.36. The predicted octanol–water partition coefficient (Wildman–Crippen LogP) is 4.75. The van der Waals surface area contributed by atoms with Gasteiger partial charge in [-0.1, -0.05) is 53.8 Å². The summed E-state index contributed by atoms with van der Waals surface area (Å²) in [6.45, 7) is 0. The smallest absolute Gasteiger partial charge is 0.270 e. The summed E-state index contributed by atoms with van der Waals surface area (Å²) in [4.78, 5) is 14.8. The number of carbonyl (C=O) groups is 1. The van der Waals surface area contributed by atoms with Crippen molar-refractivity contribution >= 4 is 57.6 Å². The molecule has 0 radical (unpaired) electrons. The second-order valence-electron chi connectivity index (χ2n) is 4.77. The number of thiocarbonyl (C=S) groups is 1. The number of thioether (sulfide) groups is 1. The van der Waals surface area contributed by atoms with Crippen LogP contribution in [0.25, 0.3) is 6.08 Å². The topological polar surface area (TPSA) is 29.5 Å². The maximum atomic E-state index is 12.7. The van der Waals surface area contributed by atoms with Crippen LogP contribution in [-0.2, 0) is 4.79 Å². The fourth-order valence-corrected chi connectivity index (χ4v) is 3.58. The normalized spacial score (nSPS) is 16.3. The second-order valence-corrected chi connectivity index (χ2v) is 6.88. The van der Waals surface area contributed by atoms with Crippen LogP contribution in [0.4, 0.5) is 5.69 Å². The number of carbonyl (C=O) groups excluding carboxylic acids is 1. The number of nitrogens with zero attached hydrogens (tertiary/aromatic N) is 1. The van der Waals surface area contributed by atoms with Crippen molar-refractivity contribution in [3.05, 3.63) is 64.0 Å². The zero-order valence-corrected chi connectivity index (χ0v) is 14.5. The number of hydrogen-bond acceptors (Lipinski definition) is 4. The largest absolute Gasteiger partial charge is 0.497 e. The van der Waals surface area contributed by atoms with E-state index in [0.717, 1.165) is 5.56 Å². The minimum Gasteiger partial charge on any atom is -0.497 e. The van der Waals surface area contributed by atoms with Gasteiger partial charge in [-0.15, -0.1) is 0 Å². The Bertz CT molecular complexity index is 802. The van der Waals surface area contributed by atoms with Crippen molar-refractivity contribution in [2.75, 3.05) is 12.0 Å². The lowest BCUT2D eigenvalue weighted by Gasteiger charge is -2.15. The monoisotopic (exact) mass is 361 g/mol. The van der Waals surface area contributed by atoms with Gasteiger partial charge in [0.05, 0.1) is 17.7 Å². The highest BCUT2D eigenvalue weighted by atomic mass is 35.5. The van der Waals surface area contributed by atoms with Gasteiger partial charge in [0.2, 0.25) is 0 Å². The maximum absolute atomic E-state index is 12.7. The average molecular weight is 362 g/mol. The van der Waals surface area contributed by atoms with Crippen LogP contribution in [0.1, 0.15) is 5.56 Å². The Balaban J connectivity index is 1.91. The van der Waals surface area contributed by atoms with Crippen LogP contribution in [0.2, 0.25) is 5.02 Å². The Hall–Kier alpha value is -1.82. The molecule has 0 atom stereocenters. The highest BCUT2D eigenvalue weighted by molar-refractivity contribution is 8.27. The summed E-state index contributed by atoms with van der Waals surface area (Å²) in [5, 5.41) is 0.658. The molecule has 3 nitrogen and oxygen atoms in total. The Morgan fingerprint density at radius 3 is 2.65 bits per heavy atom. The first-order chi connectivity index (χ1) is 11.1. The lowest BCUT2D eigenvalue weighted by Crippen LogP contribution is -2.27. The Kier molecular flexibility index (Phi) is 4.71. The molecule has 23 heavy (non-hydrogen) atoms. The molecule has 1 amide bonds. The molecule has 1 saturated heterocycles. The van der Waals surface area contributed by atoms with Crippen molar-refractivity contribution in [3.63, 3.8) is 0 Å². The third kappa shape index (κ3) is 3.42. The molecule has 0 bridgehead atoms. The fourth-order valence-electron chi connectivity index (χ4n) is 2.15. The van der Waals surface area contributed by atoms with Crippen LogP contribution in [0.3, 0.4) is 0 Å². The van der Waals surface area contributed by atoms with Gasteiger partial charge in [-0.3, -0.25) is 9.69 Å². The molecule has 0 spiro atoms. The van der Waals surface area contributed by atoms with Gasteiger partial charge >= 0.3 is 0 Å². The predicted molar refractivity (Wildman–Crippen MR) is 100 cm³/mol. The van der Waals surface area contributed by atoms with Crippen LogP contribution >= 0.6 is 35.6 Å². The maximum Gasteiger partial charge on any atom is 0.270 e. The van der Waals surface area contributed by atoms with E-state index in [9.17, 15) is 4.79 Å². The molecule has 1 heterocycles. The number of benzene rings is 2. The summed E-state index contributed by atoms with van der Waals surface area (Å²) in [5.41, 5.74) is 1.60. The molecular weight excluding hydrogens is 350 g/mol. The van der Waals surface area contributed by atoms with Crippen LogP contribution < -0.4 is 9.64 Å². The van der Waals surface area contributed by atoms with Crippen LogP contribution in [0.5, 0.6) is 5.75 Å². The molecule has 0 aromatic heterocycles. The van der Waals surface area contributed by atoms with Gasteiger partial charge < -0.3 is 4.74 Å². The summed E-state index contributed by atoms with van der Waals surface area (Å²) < 4.78 is 5.71. The van der Waals surface area contributed by atoms with Crippen molar-refractivity contribution in [3.8, 4) is 5.75 Å². The molecule has 0 unspecified atom stereocenters. The number of halogens is 1. The van der Waals surface area contributed by atoms with Gasteiger partial charge in [0.25, 0.3) is 5.91 Å². The standard InChI is InChI=1S/C17H12ClNO2S2/c1-21-14-4-2-3-13(10-14)19-16(20)15(23-17(19)22)9-11-5-7-12(18)8-6-11/h2-10H,1H3/b15-9+. The average Bonchev–Trinajstić information content (AvgIpc) is 2.83. The lowest BCUT2D eigenvalue weighted by atomic mass is 10.2. The van der Waals surface area contributed by atoms with E-state index in [4.69, 9.17) is 28.6 Å². The summed E-state index contributed by atoms with van der Waals surface area (Å²) in [6.07, 6.45) is 1.82. The van der Waals surface area contributed by atoms with Gasteiger partial charge in [-0.2, -0.15) is 0 Å². The van der Waals surface area contributed by atoms with Crippen LogP contribution in [0, 0.1) is 0 Å². The Morgan fingerprint density at radius 1 is 1.22 bits per heavy atom. The molecule has 3 rings (SSSR count). The highest BCUT2D eigenvalue weighted by Crippen LogP contribution is 2.37. The van der Waals surface area contributed by atoms with Gasteiger partial charge in [0.15, 0.2) is 4.32 Å². The number of ether oxygens (including phenoxy) is 1. The number of anilines is 1. The van der Waals surface area contributed by atoms with Crippen LogP contribution in [0.15, 0.2) is 53.4 Å². The van der Waals surface area contributed by atoms with Gasteiger partial charge in [0, 0.05) is 11.1 Å². The Labute approximate surface area is 148 Å². The molecule has 2 aromatic carbocycles. The third-order valence-corrected chi connectivity index (χ3v) is 4.83. The van der Waals surface area contributed by atoms with E-state index in [1.54, 1.807) is 25.3 Å². The molecule has 2 aromatic rings. The first-order valence-electron chi connectivity index (χ1n) is 6.76. The summed E-state index contributed by atoms with van der Waals surface area (Å²) >= 11 is 12.5. The third-order valence-electron chi connectivity index (χ3n) is 3.27.